The first kappa shape index (κ1) is 27.2. The van der Waals surface area contributed by atoms with Gasteiger partial charge in [0.25, 0.3) is 0 Å². The minimum absolute atomic E-state index is 0.00222. The van der Waals surface area contributed by atoms with Crippen LogP contribution in [-0.2, 0) is 25.7 Å². The second-order valence-electron chi connectivity index (χ2n) is 9.23. The third-order valence-corrected chi connectivity index (χ3v) is 7.48. The molecular formula is C26H33Cl2N3O4. The number of hydrogen-bond donors (Lipinski definition) is 1. The summed E-state index contributed by atoms with van der Waals surface area (Å²) >= 11 is 12.4. The molecule has 1 aliphatic heterocycles. The minimum Gasteiger partial charge on any atom is -0.352 e. The van der Waals surface area contributed by atoms with Crippen molar-refractivity contribution < 1.29 is 19.2 Å². The van der Waals surface area contributed by atoms with E-state index in [1.807, 2.05) is 32.9 Å². The van der Waals surface area contributed by atoms with E-state index in [1.165, 1.54) is 9.80 Å². The smallest absolute Gasteiger partial charge is 0.243 e. The van der Waals surface area contributed by atoms with Crippen molar-refractivity contribution in [1.82, 2.24) is 15.1 Å². The van der Waals surface area contributed by atoms with E-state index < -0.39 is 6.04 Å². The zero-order valence-corrected chi connectivity index (χ0v) is 21.9. The van der Waals surface area contributed by atoms with Gasteiger partial charge in [0, 0.05) is 35.6 Å². The number of nitrogens with one attached hydrogen (secondary N) is 1. The molecule has 4 amide bonds. The molecule has 35 heavy (non-hydrogen) atoms. The van der Waals surface area contributed by atoms with E-state index in [4.69, 9.17) is 23.2 Å². The van der Waals surface area contributed by atoms with Gasteiger partial charge in [-0.1, -0.05) is 55.3 Å². The van der Waals surface area contributed by atoms with Crippen molar-refractivity contribution in [2.75, 3.05) is 6.54 Å². The largest absolute Gasteiger partial charge is 0.352 e. The first-order valence-electron chi connectivity index (χ1n) is 12.2. The number of amides is 4. The lowest BCUT2D eigenvalue weighted by atomic mass is 9.85. The second kappa shape index (κ2) is 12.0. The summed E-state index contributed by atoms with van der Waals surface area (Å²) in [5.41, 5.74) is 0.657. The topological polar surface area (TPSA) is 86.8 Å². The number of rotatable bonds is 10. The third kappa shape index (κ3) is 6.25. The van der Waals surface area contributed by atoms with Gasteiger partial charge < -0.3 is 10.2 Å². The summed E-state index contributed by atoms with van der Waals surface area (Å²) in [7, 11) is 0. The van der Waals surface area contributed by atoms with Crippen LogP contribution in [0.2, 0.25) is 10.0 Å². The fraction of sp³-hybridized carbons (Fsp3) is 0.538. The molecule has 1 saturated heterocycles. The summed E-state index contributed by atoms with van der Waals surface area (Å²) in [5, 5.41) is 3.83. The van der Waals surface area contributed by atoms with Gasteiger partial charge in [-0.15, -0.1) is 0 Å². The van der Waals surface area contributed by atoms with Crippen molar-refractivity contribution in [3.8, 4) is 0 Å². The second-order valence-corrected chi connectivity index (χ2v) is 10.1. The molecule has 3 rings (SSSR count). The lowest BCUT2D eigenvalue weighted by Gasteiger charge is -2.32. The molecule has 1 fully saturated rings. The van der Waals surface area contributed by atoms with Gasteiger partial charge in [-0.3, -0.25) is 24.1 Å². The molecule has 2 aliphatic rings. The molecule has 0 unspecified atom stereocenters. The number of fused-ring (bicyclic) bond motifs is 1. The Balaban J connectivity index is 1.79. The molecule has 0 saturated carbocycles. The minimum atomic E-state index is -0.722. The summed E-state index contributed by atoms with van der Waals surface area (Å²) in [6.45, 7) is 5.83. The number of carbonyl (C=O) groups excluding carboxylic acids is 4. The molecule has 9 heteroatoms. The van der Waals surface area contributed by atoms with E-state index >= 15 is 0 Å². The van der Waals surface area contributed by atoms with Crippen LogP contribution in [0, 0.1) is 11.8 Å². The lowest BCUT2D eigenvalue weighted by molar-refractivity contribution is -0.144. The summed E-state index contributed by atoms with van der Waals surface area (Å²) < 4.78 is 0. The number of halogens is 2. The van der Waals surface area contributed by atoms with Crippen molar-refractivity contribution in [2.45, 2.75) is 71.5 Å². The number of benzene rings is 1. The van der Waals surface area contributed by atoms with Crippen LogP contribution in [0.3, 0.4) is 0 Å². The van der Waals surface area contributed by atoms with Crippen molar-refractivity contribution >= 4 is 46.8 Å². The maximum Gasteiger partial charge on any atom is 0.243 e. The predicted molar refractivity (Wildman–Crippen MR) is 136 cm³/mol. The third-order valence-electron chi connectivity index (χ3n) is 6.89. The van der Waals surface area contributed by atoms with E-state index in [9.17, 15) is 19.2 Å². The fourth-order valence-corrected chi connectivity index (χ4v) is 5.10. The zero-order chi connectivity index (χ0) is 25.7. The van der Waals surface area contributed by atoms with E-state index in [0.29, 0.717) is 34.9 Å². The van der Waals surface area contributed by atoms with Crippen LogP contribution in [0.1, 0.15) is 58.4 Å². The monoisotopic (exact) mass is 521 g/mol. The first-order valence-corrected chi connectivity index (χ1v) is 13.0. The summed E-state index contributed by atoms with van der Waals surface area (Å²) in [5.74, 6) is -1.67. The van der Waals surface area contributed by atoms with Crippen LogP contribution in [0.15, 0.2) is 30.4 Å². The molecule has 1 heterocycles. The molecule has 1 aromatic carbocycles. The van der Waals surface area contributed by atoms with Crippen LogP contribution in [0.5, 0.6) is 0 Å². The Bertz CT molecular complexity index is 986. The highest BCUT2D eigenvalue weighted by atomic mass is 35.5. The molecule has 0 aromatic heterocycles. The molecule has 0 bridgehead atoms. The van der Waals surface area contributed by atoms with Crippen LogP contribution in [-0.4, -0.2) is 52.1 Å². The SMILES string of the molecule is CC[C@H](C)NC(=O)[C@H](CC)N(Cc1ccc(Cl)cc1Cl)C(=O)CCN1C(=O)[C@H]2CC=CC[C@H]2C1=O. The number of carbonyl (C=O) groups is 4. The zero-order valence-electron chi connectivity index (χ0n) is 20.4. The van der Waals surface area contributed by atoms with E-state index in [2.05, 4.69) is 5.32 Å². The van der Waals surface area contributed by atoms with Crippen molar-refractivity contribution in [2.24, 2.45) is 11.8 Å². The Kier molecular flexibility index (Phi) is 9.36. The van der Waals surface area contributed by atoms with Crippen LogP contribution in [0.4, 0.5) is 0 Å². The van der Waals surface area contributed by atoms with Crippen molar-refractivity contribution in [3.63, 3.8) is 0 Å². The molecule has 1 N–H and O–H groups in total. The number of hydrogen-bond acceptors (Lipinski definition) is 4. The molecule has 1 aromatic rings. The molecule has 0 spiro atoms. The van der Waals surface area contributed by atoms with Gasteiger partial charge in [-0.05, 0) is 50.3 Å². The van der Waals surface area contributed by atoms with Crippen LogP contribution >= 0.6 is 23.2 Å². The Labute approximate surface area is 216 Å². The standard InChI is InChI=1S/C26H33Cl2N3O4/c1-4-16(3)29-24(33)22(5-2)31(15-17-10-11-18(27)14-21(17)28)23(32)12-13-30-25(34)19-8-6-7-9-20(19)26(30)35/h6-7,10-11,14,16,19-20,22H,4-5,8-9,12-13,15H2,1-3H3,(H,29,33)/t16-,19-,20+,22-/m0/s1. The average Bonchev–Trinajstić information content (AvgIpc) is 3.08. The number of nitrogens with zero attached hydrogens (tertiary/aromatic N) is 2. The quantitative estimate of drug-likeness (QED) is 0.366. The van der Waals surface area contributed by atoms with Gasteiger partial charge in [0.2, 0.25) is 23.6 Å². The van der Waals surface area contributed by atoms with Crippen molar-refractivity contribution in [3.05, 3.63) is 46.0 Å². The highest BCUT2D eigenvalue weighted by Crippen LogP contribution is 2.35. The highest BCUT2D eigenvalue weighted by Gasteiger charge is 2.47. The maximum atomic E-state index is 13.5. The number of likely N-dealkylation sites (tertiary alicyclic amines) is 1. The fourth-order valence-electron chi connectivity index (χ4n) is 4.63. The van der Waals surface area contributed by atoms with Gasteiger partial charge in [-0.2, -0.15) is 0 Å². The van der Waals surface area contributed by atoms with Gasteiger partial charge in [0.1, 0.15) is 6.04 Å². The van der Waals surface area contributed by atoms with Gasteiger partial charge in [0.05, 0.1) is 11.8 Å². The Morgan fingerprint density at radius 3 is 2.26 bits per heavy atom. The normalized spacial score (nSPS) is 21.0. The maximum absolute atomic E-state index is 13.5. The van der Waals surface area contributed by atoms with Gasteiger partial charge in [0.15, 0.2) is 0 Å². The lowest BCUT2D eigenvalue weighted by Crippen LogP contribution is -2.51. The summed E-state index contributed by atoms with van der Waals surface area (Å²) in [6.07, 6.45) is 6.05. The molecule has 4 atom stereocenters. The highest BCUT2D eigenvalue weighted by molar-refractivity contribution is 6.35. The van der Waals surface area contributed by atoms with E-state index in [0.717, 1.165) is 6.42 Å². The number of allylic oxidation sites excluding steroid dienone is 2. The van der Waals surface area contributed by atoms with Gasteiger partial charge >= 0.3 is 0 Å². The molecule has 1 aliphatic carbocycles. The molecule has 7 nitrogen and oxygen atoms in total. The Morgan fingerprint density at radius 2 is 1.71 bits per heavy atom. The molecule has 190 valence electrons. The van der Waals surface area contributed by atoms with Crippen LogP contribution in [0.25, 0.3) is 0 Å². The van der Waals surface area contributed by atoms with Gasteiger partial charge in [-0.25, -0.2) is 0 Å². The van der Waals surface area contributed by atoms with E-state index in [1.54, 1.807) is 18.2 Å². The molecular weight excluding hydrogens is 489 g/mol. The first-order chi connectivity index (χ1) is 16.7. The van der Waals surface area contributed by atoms with Crippen LogP contribution < -0.4 is 5.32 Å². The predicted octanol–water partition coefficient (Wildman–Crippen LogP) is 4.36. The molecule has 0 radical (unpaired) electrons. The van der Waals surface area contributed by atoms with E-state index in [-0.39, 0.29) is 61.0 Å². The summed E-state index contributed by atoms with van der Waals surface area (Å²) in [4.78, 5) is 54.9. The average molecular weight is 522 g/mol. The number of imide groups is 1. The Hall–Kier alpha value is -2.38. The Morgan fingerprint density at radius 1 is 1.09 bits per heavy atom. The summed E-state index contributed by atoms with van der Waals surface area (Å²) in [6, 6.07) is 4.25. The van der Waals surface area contributed by atoms with Crippen molar-refractivity contribution in [1.29, 1.82) is 0 Å².